The lowest BCUT2D eigenvalue weighted by atomic mass is 10.0. The van der Waals surface area contributed by atoms with Crippen molar-refractivity contribution in [3.63, 3.8) is 0 Å². The maximum Gasteiger partial charge on any atom is 0.293 e. The van der Waals surface area contributed by atoms with Crippen LogP contribution >= 0.6 is 56.9 Å². The van der Waals surface area contributed by atoms with Crippen LogP contribution in [0.1, 0.15) is 22.3 Å². The molecule has 0 saturated carbocycles. The Labute approximate surface area is 245 Å². The van der Waals surface area contributed by atoms with E-state index in [-0.39, 0.29) is 24.3 Å². The molecule has 1 aliphatic rings. The fourth-order valence-electron chi connectivity index (χ4n) is 4.09. The quantitative estimate of drug-likeness (QED) is 0.150. The Kier molecular flexibility index (Phi) is 7.83. The summed E-state index contributed by atoms with van der Waals surface area (Å²) in [7, 11) is 0. The molecule has 8 heteroatoms. The zero-order valence-corrected chi connectivity index (χ0v) is 24.4. The number of fused-ring (bicyclic) bond motifs is 1. The first kappa shape index (κ1) is 25.8. The average Bonchev–Trinajstić information content (AvgIpc) is 3.15. The van der Waals surface area contributed by atoms with E-state index >= 15 is 0 Å². The number of carbonyl (C=O) groups excluding carboxylic acids is 2. The number of hydrogen-bond acceptors (Lipinski definition) is 5. The summed E-state index contributed by atoms with van der Waals surface area (Å²) in [5.74, 6) is 0.427. The number of imide groups is 1. The third-order valence-corrected chi connectivity index (χ3v) is 8.42. The number of benzene rings is 4. The Morgan fingerprint density at radius 3 is 2.38 bits per heavy atom. The van der Waals surface area contributed by atoms with Crippen molar-refractivity contribution in [2.24, 2.45) is 0 Å². The summed E-state index contributed by atoms with van der Waals surface area (Å²) in [4.78, 5) is 27.6. The Bertz CT molecular complexity index is 1600. The first-order chi connectivity index (χ1) is 17.9. The van der Waals surface area contributed by atoms with Gasteiger partial charge in [0.25, 0.3) is 11.1 Å². The molecule has 0 radical (unpaired) electrons. The van der Waals surface area contributed by atoms with Crippen LogP contribution in [0.25, 0.3) is 16.8 Å². The molecule has 2 amide bonds. The second-order valence-corrected chi connectivity index (χ2v) is 11.6. The highest BCUT2D eigenvalue weighted by Gasteiger charge is 2.35. The maximum absolute atomic E-state index is 13.2. The molecule has 182 valence electrons. The van der Waals surface area contributed by atoms with E-state index in [0.29, 0.717) is 10.5 Å². The summed E-state index contributed by atoms with van der Waals surface area (Å²) < 4.78 is 7.81. The highest BCUT2D eigenvalue weighted by Crippen LogP contribution is 2.36. The first-order valence-corrected chi connectivity index (χ1v) is 14.2. The molecule has 0 aliphatic carbocycles. The highest BCUT2D eigenvalue weighted by atomic mass is 127. The maximum atomic E-state index is 13.2. The van der Waals surface area contributed by atoms with Gasteiger partial charge in [0, 0.05) is 5.56 Å². The number of nitrogens with zero attached hydrogens (tertiary/aromatic N) is 2. The van der Waals surface area contributed by atoms with Gasteiger partial charge in [-0.1, -0.05) is 60.7 Å². The second kappa shape index (κ2) is 11.2. The molecule has 4 aromatic rings. The van der Waals surface area contributed by atoms with Gasteiger partial charge in [-0.05, 0) is 103 Å². The molecule has 5 nitrogen and oxygen atoms in total. The van der Waals surface area contributed by atoms with Gasteiger partial charge >= 0.3 is 0 Å². The van der Waals surface area contributed by atoms with Gasteiger partial charge in [-0.25, -0.2) is 0 Å². The molecule has 1 heterocycles. The van der Waals surface area contributed by atoms with Crippen LogP contribution in [0, 0.1) is 18.5 Å². The Morgan fingerprint density at radius 1 is 0.919 bits per heavy atom. The molecule has 0 aromatic heterocycles. The number of amides is 2. The van der Waals surface area contributed by atoms with Gasteiger partial charge in [0.2, 0.25) is 0 Å². The highest BCUT2D eigenvalue weighted by molar-refractivity contribution is 14.1. The molecule has 1 fully saturated rings. The number of thioether (sulfide) groups is 1. The molecule has 37 heavy (non-hydrogen) atoms. The summed E-state index contributed by atoms with van der Waals surface area (Å²) in [6.07, 6.45) is 1.76. The van der Waals surface area contributed by atoms with Gasteiger partial charge in [-0.3, -0.25) is 14.5 Å². The van der Waals surface area contributed by atoms with Crippen molar-refractivity contribution in [2.45, 2.75) is 13.2 Å². The summed E-state index contributed by atoms with van der Waals surface area (Å²) >= 11 is 5.36. The van der Waals surface area contributed by atoms with Crippen LogP contribution in [0.2, 0.25) is 0 Å². The minimum atomic E-state index is -0.290. The monoisotopic (exact) mass is 728 g/mol. The summed E-state index contributed by atoms with van der Waals surface area (Å²) in [5, 5.41) is 11.1. The fraction of sp³-hybridized carbons (Fsp3) is 0.0690. The lowest BCUT2D eigenvalue weighted by Crippen LogP contribution is -2.27. The smallest absolute Gasteiger partial charge is 0.293 e. The predicted octanol–water partition coefficient (Wildman–Crippen LogP) is 7.74. The van der Waals surface area contributed by atoms with Crippen molar-refractivity contribution in [2.75, 3.05) is 0 Å². The van der Waals surface area contributed by atoms with Gasteiger partial charge in [-0.2, -0.15) is 5.26 Å². The van der Waals surface area contributed by atoms with Crippen LogP contribution in [0.4, 0.5) is 4.79 Å². The molecule has 0 spiro atoms. The molecule has 0 bridgehead atoms. The fourth-order valence-corrected chi connectivity index (χ4v) is 7.06. The molecule has 0 N–H and O–H groups in total. The number of carbonyl (C=O) groups is 2. The van der Waals surface area contributed by atoms with Crippen LogP contribution in [-0.4, -0.2) is 16.0 Å². The normalized spacial score (nSPS) is 14.4. The summed E-state index contributed by atoms with van der Waals surface area (Å²) in [6.45, 7) is 0.511. The van der Waals surface area contributed by atoms with Gasteiger partial charge in [0.1, 0.15) is 12.4 Å². The van der Waals surface area contributed by atoms with E-state index in [2.05, 4.69) is 51.3 Å². The molecular formula is C29H18I2N2O3S. The van der Waals surface area contributed by atoms with E-state index in [1.165, 1.54) is 4.90 Å². The first-order valence-electron chi connectivity index (χ1n) is 11.3. The van der Waals surface area contributed by atoms with Crippen molar-refractivity contribution in [1.82, 2.24) is 4.90 Å². The Morgan fingerprint density at radius 2 is 1.59 bits per heavy atom. The van der Waals surface area contributed by atoms with E-state index in [1.807, 2.05) is 72.8 Å². The molecule has 1 aliphatic heterocycles. The molecule has 5 rings (SSSR count). The van der Waals surface area contributed by atoms with Crippen LogP contribution in [0.3, 0.4) is 0 Å². The van der Waals surface area contributed by atoms with Crippen LogP contribution in [0.15, 0.2) is 83.8 Å². The van der Waals surface area contributed by atoms with Crippen molar-refractivity contribution < 1.29 is 14.3 Å². The Balaban J connectivity index is 1.35. The molecule has 4 aromatic carbocycles. The SMILES string of the molecule is N#Cc1ccccc1COc1c(I)cc(/C=C2/SC(=O)N(Cc3cccc4ccccc34)C2=O)cc1I. The van der Waals surface area contributed by atoms with Crippen molar-refractivity contribution >= 4 is 84.9 Å². The van der Waals surface area contributed by atoms with Gasteiger partial charge in [-0.15, -0.1) is 0 Å². The summed E-state index contributed by atoms with van der Waals surface area (Å²) in [5.41, 5.74) is 3.16. The van der Waals surface area contributed by atoms with Gasteiger partial charge < -0.3 is 4.74 Å². The number of ether oxygens (including phenoxy) is 1. The van der Waals surface area contributed by atoms with E-state index < -0.39 is 0 Å². The van der Waals surface area contributed by atoms with E-state index in [0.717, 1.165) is 52.1 Å². The molecular weight excluding hydrogens is 710 g/mol. The average molecular weight is 728 g/mol. The third-order valence-electron chi connectivity index (χ3n) is 5.91. The van der Waals surface area contributed by atoms with E-state index in [1.54, 1.807) is 12.1 Å². The minimum absolute atomic E-state index is 0.232. The van der Waals surface area contributed by atoms with Crippen LogP contribution in [-0.2, 0) is 17.9 Å². The second-order valence-electron chi connectivity index (χ2n) is 8.28. The third kappa shape index (κ3) is 5.54. The van der Waals surface area contributed by atoms with Crippen LogP contribution < -0.4 is 4.74 Å². The molecule has 0 unspecified atom stereocenters. The van der Waals surface area contributed by atoms with E-state index in [9.17, 15) is 14.9 Å². The molecule has 0 atom stereocenters. The van der Waals surface area contributed by atoms with Gasteiger partial charge in [0.05, 0.1) is 30.2 Å². The molecule has 1 saturated heterocycles. The number of nitriles is 1. The predicted molar refractivity (Wildman–Crippen MR) is 163 cm³/mol. The zero-order valence-electron chi connectivity index (χ0n) is 19.3. The lowest BCUT2D eigenvalue weighted by Gasteiger charge is -2.14. The number of hydrogen-bond donors (Lipinski definition) is 0. The van der Waals surface area contributed by atoms with E-state index in [4.69, 9.17) is 4.74 Å². The number of rotatable bonds is 6. The standard InChI is InChI=1S/C29H18I2N2O3S/c30-24-12-18(13-25(31)27(24)36-17-22-8-2-1-7-20(22)15-32)14-26-28(34)33(29(35)37-26)16-21-10-5-9-19-6-3-4-11-23(19)21/h1-14H,16-17H2/b26-14+. The van der Waals surface area contributed by atoms with Crippen LogP contribution in [0.5, 0.6) is 5.75 Å². The van der Waals surface area contributed by atoms with Crippen molar-refractivity contribution in [3.05, 3.63) is 113 Å². The largest absolute Gasteiger partial charge is 0.487 e. The minimum Gasteiger partial charge on any atom is -0.487 e. The van der Waals surface area contributed by atoms with Gasteiger partial charge in [0.15, 0.2) is 0 Å². The topological polar surface area (TPSA) is 70.4 Å². The Hall–Kier alpha value is -2.88. The number of halogens is 2. The van der Waals surface area contributed by atoms with Crippen molar-refractivity contribution in [1.29, 1.82) is 5.26 Å². The lowest BCUT2D eigenvalue weighted by molar-refractivity contribution is -0.123. The summed E-state index contributed by atoms with van der Waals surface area (Å²) in [6, 6.07) is 27.3. The zero-order chi connectivity index (χ0) is 25.9. The van der Waals surface area contributed by atoms with Crippen molar-refractivity contribution in [3.8, 4) is 11.8 Å².